The van der Waals surface area contributed by atoms with E-state index in [1.54, 1.807) is 6.92 Å². The molecule has 2 aliphatic rings. The molecule has 1 aliphatic carbocycles. The predicted molar refractivity (Wildman–Crippen MR) is 79.3 cm³/mol. The van der Waals surface area contributed by atoms with Crippen molar-refractivity contribution in [1.82, 2.24) is 10.2 Å². The lowest BCUT2D eigenvalue weighted by atomic mass is 9.86. The van der Waals surface area contributed by atoms with Gasteiger partial charge in [-0.15, -0.1) is 0 Å². The molecule has 1 saturated carbocycles. The molecule has 0 aromatic rings. The number of halogens is 1. The maximum atomic E-state index is 13.9. The first-order valence-electron chi connectivity index (χ1n) is 7.96. The van der Waals surface area contributed by atoms with Gasteiger partial charge in [-0.3, -0.25) is 0 Å². The third-order valence-corrected chi connectivity index (χ3v) is 4.64. The van der Waals surface area contributed by atoms with Crippen LogP contribution in [0.4, 0.5) is 4.39 Å². The summed E-state index contributed by atoms with van der Waals surface area (Å²) in [4.78, 5) is 2.54. The molecule has 0 spiro atoms. The molecule has 2 fully saturated rings. The standard InChI is InChI=1S/C16H31FN2/c1-15(2,3)18-13-6-5-7-14(12-13)19-10-8-16(4,17)9-11-19/h13-14,18H,5-12H2,1-4H3/t13-,14+/m1/s1. The van der Waals surface area contributed by atoms with Gasteiger partial charge in [-0.2, -0.15) is 0 Å². The number of nitrogens with one attached hydrogen (secondary N) is 1. The molecule has 1 N–H and O–H groups in total. The second kappa shape index (κ2) is 5.69. The van der Waals surface area contributed by atoms with Crippen LogP contribution in [0.1, 0.15) is 66.2 Å². The van der Waals surface area contributed by atoms with E-state index in [1.165, 1.54) is 25.7 Å². The SMILES string of the molecule is CC1(F)CCN([C@H]2CCC[C@@H](NC(C)(C)C)C2)CC1. The minimum absolute atomic E-state index is 0.200. The van der Waals surface area contributed by atoms with E-state index < -0.39 is 5.67 Å². The van der Waals surface area contributed by atoms with Crippen LogP contribution in [0.3, 0.4) is 0 Å². The highest BCUT2D eigenvalue weighted by Crippen LogP contribution is 2.31. The topological polar surface area (TPSA) is 15.3 Å². The summed E-state index contributed by atoms with van der Waals surface area (Å²) < 4.78 is 13.9. The normalized spacial score (nSPS) is 33.3. The molecule has 2 rings (SSSR count). The fourth-order valence-corrected chi connectivity index (χ4v) is 3.59. The second-order valence-corrected chi connectivity index (χ2v) is 7.86. The first-order valence-corrected chi connectivity index (χ1v) is 7.96. The fourth-order valence-electron chi connectivity index (χ4n) is 3.59. The van der Waals surface area contributed by atoms with Crippen LogP contribution < -0.4 is 5.32 Å². The molecule has 1 aliphatic heterocycles. The summed E-state index contributed by atoms with van der Waals surface area (Å²) in [6, 6.07) is 1.31. The van der Waals surface area contributed by atoms with E-state index in [1.807, 2.05) is 0 Å². The molecule has 112 valence electrons. The van der Waals surface area contributed by atoms with Crippen molar-refractivity contribution in [2.75, 3.05) is 13.1 Å². The summed E-state index contributed by atoms with van der Waals surface area (Å²) in [5.74, 6) is 0. The number of hydrogen-bond donors (Lipinski definition) is 1. The van der Waals surface area contributed by atoms with E-state index in [9.17, 15) is 4.39 Å². The van der Waals surface area contributed by atoms with Crippen LogP contribution in [0.15, 0.2) is 0 Å². The van der Waals surface area contributed by atoms with Gasteiger partial charge in [0.2, 0.25) is 0 Å². The third-order valence-electron chi connectivity index (χ3n) is 4.64. The molecule has 0 aromatic carbocycles. The van der Waals surface area contributed by atoms with Gasteiger partial charge >= 0.3 is 0 Å². The molecular formula is C16H31FN2. The van der Waals surface area contributed by atoms with E-state index in [0.717, 1.165) is 13.1 Å². The fraction of sp³-hybridized carbons (Fsp3) is 1.00. The van der Waals surface area contributed by atoms with Gasteiger partial charge in [-0.05, 0) is 59.8 Å². The monoisotopic (exact) mass is 270 g/mol. The second-order valence-electron chi connectivity index (χ2n) is 7.86. The Morgan fingerprint density at radius 1 is 1.16 bits per heavy atom. The number of nitrogens with zero attached hydrogens (tertiary/aromatic N) is 1. The summed E-state index contributed by atoms with van der Waals surface area (Å²) >= 11 is 0. The van der Waals surface area contributed by atoms with Crippen molar-refractivity contribution < 1.29 is 4.39 Å². The quantitative estimate of drug-likeness (QED) is 0.826. The molecule has 3 heteroatoms. The molecule has 2 nitrogen and oxygen atoms in total. The van der Waals surface area contributed by atoms with Gasteiger partial charge in [0.15, 0.2) is 0 Å². The largest absolute Gasteiger partial charge is 0.309 e. The Balaban J connectivity index is 1.84. The van der Waals surface area contributed by atoms with Crippen molar-refractivity contribution in [2.24, 2.45) is 0 Å². The van der Waals surface area contributed by atoms with Crippen LogP contribution in [-0.4, -0.2) is 41.3 Å². The summed E-state index contributed by atoms with van der Waals surface area (Å²) in [5.41, 5.74) is -0.722. The smallest absolute Gasteiger partial charge is 0.110 e. The average molecular weight is 270 g/mol. The molecule has 0 amide bonds. The van der Waals surface area contributed by atoms with Gasteiger partial charge in [0.25, 0.3) is 0 Å². The Hall–Kier alpha value is -0.150. The van der Waals surface area contributed by atoms with Crippen molar-refractivity contribution in [3.63, 3.8) is 0 Å². The minimum Gasteiger partial charge on any atom is -0.309 e. The van der Waals surface area contributed by atoms with Crippen LogP contribution in [0, 0.1) is 0 Å². The molecule has 0 aromatic heterocycles. The number of rotatable bonds is 2. The Labute approximate surface area is 118 Å². The highest BCUT2D eigenvalue weighted by Gasteiger charge is 2.34. The zero-order valence-electron chi connectivity index (χ0n) is 13.1. The highest BCUT2D eigenvalue weighted by molar-refractivity contribution is 4.91. The molecule has 0 radical (unpaired) electrons. The van der Waals surface area contributed by atoms with Crippen molar-refractivity contribution in [3.8, 4) is 0 Å². The molecule has 19 heavy (non-hydrogen) atoms. The lowest BCUT2D eigenvalue weighted by Gasteiger charge is -2.43. The van der Waals surface area contributed by atoms with Crippen LogP contribution in [-0.2, 0) is 0 Å². The van der Waals surface area contributed by atoms with Crippen LogP contribution in [0.2, 0.25) is 0 Å². The van der Waals surface area contributed by atoms with E-state index in [2.05, 4.69) is 31.0 Å². The van der Waals surface area contributed by atoms with Gasteiger partial charge in [-0.25, -0.2) is 4.39 Å². The minimum atomic E-state index is -0.922. The predicted octanol–water partition coefficient (Wildman–Crippen LogP) is 3.51. The Bertz CT molecular complexity index is 286. The molecule has 1 saturated heterocycles. The van der Waals surface area contributed by atoms with Gasteiger partial charge in [0.05, 0.1) is 0 Å². The van der Waals surface area contributed by atoms with Crippen LogP contribution in [0.25, 0.3) is 0 Å². The third kappa shape index (κ3) is 4.71. The van der Waals surface area contributed by atoms with E-state index in [-0.39, 0.29) is 5.54 Å². The number of likely N-dealkylation sites (tertiary alicyclic amines) is 1. The van der Waals surface area contributed by atoms with Gasteiger partial charge in [0.1, 0.15) is 5.67 Å². The van der Waals surface area contributed by atoms with Crippen molar-refractivity contribution in [3.05, 3.63) is 0 Å². The zero-order chi connectivity index (χ0) is 14.1. The molecular weight excluding hydrogens is 239 g/mol. The van der Waals surface area contributed by atoms with E-state index in [0.29, 0.717) is 24.9 Å². The Morgan fingerprint density at radius 2 is 1.79 bits per heavy atom. The molecule has 1 heterocycles. The first kappa shape index (κ1) is 15.2. The first-order chi connectivity index (χ1) is 8.75. The Kier molecular flexibility index (Phi) is 4.56. The summed E-state index contributed by atoms with van der Waals surface area (Å²) in [6.07, 6.45) is 6.55. The maximum Gasteiger partial charge on any atom is 0.110 e. The number of hydrogen-bond acceptors (Lipinski definition) is 2. The van der Waals surface area contributed by atoms with Crippen molar-refractivity contribution >= 4 is 0 Å². The number of piperidine rings is 1. The summed E-state index contributed by atoms with van der Waals surface area (Å²) in [6.45, 7) is 10.4. The van der Waals surface area contributed by atoms with Crippen LogP contribution in [0.5, 0.6) is 0 Å². The van der Waals surface area contributed by atoms with Gasteiger partial charge in [-0.1, -0.05) is 6.42 Å². The van der Waals surface area contributed by atoms with E-state index in [4.69, 9.17) is 0 Å². The lowest BCUT2D eigenvalue weighted by Crippen LogP contribution is -2.52. The molecule has 2 atom stereocenters. The van der Waals surface area contributed by atoms with Crippen LogP contribution >= 0.6 is 0 Å². The van der Waals surface area contributed by atoms with Gasteiger partial charge in [0, 0.05) is 30.7 Å². The van der Waals surface area contributed by atoms with Crippen molar-refractivity contribution in [1.29, 1.82) is 0 Å². The maximum absolute atomic E-state index is 13.9. The summed E-state index contributed by atoms with van der Waals surface area (Å²) in [5, 5.41) is 3.74. The lowest BCUT2D eigenvalue weighted by molar-refractivity contribution is 0.0355. The average Bonchev–Trinajstić information content (AvgIpc) is 2.27. The van der Waals surface area contributed by atoms with Crippen molar-refractivity contribution in [2.45, 2.75) is 89.5 Å². The highest BCUT2D eigenvalue weighted by atomic mass is 19.1. The van der Waals surface area contributed by atoms with Gasteiger partial charge < -0.3 is 10.2 Å². The molecule has 0 unspecified atom stereocenters. The van der Waals surface area contributed by atoms with E-state index >= 15 is 0 Å². The molecule has 0 bridgehead atoms. The zero-order valence-corrected chi connectivity index (χ0v) is 13.1. The summed E-state index contributed by atoms with van der Waals surface area (Å²) in [7, 11) is 0. The number of alkyl halides is 1. The Morgan fingerprint density at radius 3 is 2.37 bits per heavy atom.